The number of nitrogens with zero attached hydrogens (tertiary/aromatic N) is 3. The van der Waals surface area contributed by atoms with Crippen LogP contribution in [0.1, 0.15) is 29.9 Å². The highest BCUT2D eigenvalue weighted by Crippen LogP contribution is 2.27. The first-order valence-electron chi connectivity index (χ1n) is 8.83. The molecule has 0 saturated heterocycles. The van der Waals surface area contributed by atoms with Crippen LogP contribution in [0.4, 0.5) is 0 Å². The minimum atomic E-state index is -0.233. The van der Waals surface area contributed by atoms with Crippen LogP contribution in [0.25, 0.3) is 16.4 Å². The Bertz CT molecular complexity index is 881. The molecule has 0 spiro atoms. The smallest absolute Gasteiger partial charge is 0.291 e. The number of hydrogen-bond acceptors (Lipinski definition) is 5. The third-order valence-electron chi connectivity index (χ3n) is 4.83. The van der Waals surface area contributed by atoms with E-state index in [0.717, 1.165) is 29.8 Å². The van der Waals surface area contributed by atoms with Gasteiger partial charge in [-0.05, 0) is 48.9 Å². The van der Waals surface area contributed by atoms with Crippen LogP contribution in [0.5, 0.6) is 0 Å². The van der Waals surface area contributed by atoms with E-state index < -0.39 is 0 Å². The second-order valence-electron chi connectivity index (χ2n) is 6.49. The van der Waals surface area contributed by atoms with Crippen molar-refractivity contribution in [3.05, 3.63) is 53.7 Å². The Balaban J connectivity index is 0.00000210. The van der Waals surface area contributed by atoms with Gasteiger partial charge in [0.2, 0.25) is 5.82 Å². The van der Waals surface area contributed by atoms with Gasteiger partial charge in [0.15, 0.2) is 5.82 Å². The van der Waals surface area contributed by atoms with Gasteiger partial charge in [-0.3, -0.25) is 4.79 Å². The van der Waals surface area contributed by atoms with Gasteiger partial charge in [0.1, 0.15) is 0 Å². The fourth-order valence-corrected chi connectivity index (χ4v) is 4.16. The van der Waals surface area contributed by atoms with E-state index in [4.69, 9.17) is 5.73 Å². The summed E-state index contributed by atoms with van der Waals surface area (Å²) in [4.78, 5) is 18.3. The first-order chi connectivity index (χ1) is 12.8. The first kappa shape index (κ1) is 19.5. The average molecular weight is 404 g/mol. The van der Waals surface area contributed by atoms with Crippen LogP contribution in [-0.4, -0.2) is 33.3 Å². The van der Waals surface area contributed by atoms with Crippen LogP contribution in [0, 0.1) is 5.92 Å². The number of carbonyl (C=O) groups is 1. The van der Waals surface area contributed by atoms with E-state index in [2.05, 4.69) is 15.4 Å². The number of hydrogen-bond donors (Lipinski definition) is 2. The number of aromatic nitrogens is 3. The molecule has 0 bridgehead atoms. The van der Waals surface area contributed by atoms with Gasteiger partial charge >= 0.3 is 0 Å². The van der Waals surface area contributed by atoms with Gasteiger partial charge in [-0.15, -0.1) is 28.8 Å². The summed E-state index contributed by atoms with van der Waals surface area (Å²) in [6, 6.07) is 13.8. The fourth-order valence-electron chi connectivity index (χ4n) is 3.46. The molecule has 2 heterocycles. The number of benzene rings is 1. The summed E-state index contributed by atoms with van der Waals surface area (Å²) in [5, 5.41) is 9.57. The highest BCUT2D eigenvalue weighted by molar-refractivity contribution is 7.13. The Morgan fingerprint density at radius 3 is 2.74 bits per heavy atom. The summed E-state index contributed by atoms with van der Waals surface area (Å²) in [5.41, 5.74) is 6.70. The van der Waals surface area contributed by atoms with Crippen LogP contribution in [-0.2, 0) is 0 Å². The van der Waals surface area contributed by atoms with E-state index in [1.165, 1.54) is 0 Å². The van der Waals surface area contributed by atoms with Crippen molar-refractivity contribution in [3.8, 4) is 16.4 Å². The molecule has 3 aromatic rings. The number of nitrogens with one attached hydrogen (secondary N) is 1. The summed E-state index contributed by atoms with van der Waals surface area (Å²) < 4.78 is 1.73. The zero-order valence-corrected chi connectivity index (χ0v) is 16.4. The number of amides is 1. The van der Waals surface area contributed by atoms with Gasteiger partial charge in [0.05, 0.1) is 10.6 Å². The van der Waals surface area contributed by atoms with Gasteiger partial charge in [0.25, 0.3) is 5.91 Å². The zero-order valence-electron chi connectivity index (χ0n) is 14.7. The lowest BCUT2D eigenvalue weighted by Crippen LogP contribution is -2.40. The minimum absolute atomic E-state index is 0. The number of thiophene rings is 1. The lowest BCUT2D eigenvalue weighted by atomic mass is 10.0. The van der Waals surface area contributed by atoms with Crippen molar-refractivity contribution in [2.24, 2.45) is 11.7 Å². The Kier molecular flexibility index (Phi) is 6.26. The molecule has 0 radical (unpaired) electrons. The molecule has 8 heteroatoms. The van der Waals surface area contributed by atoms with Crippen LogP contribution in [0.2, 0.25) is 0 Å². The standard InChI is InChI=1S/C19H21N5OS.ClH/c20-12-13-6-4-9-15(13)21-19(25)17-22-18(16-10-5-11-26-16)24(23-17)14-7-2-1-3-8-14;/h1-3,5,7-8,10-11,13,15H,4,6,9,12,20H2,(H,21,25);1H. The Morgan fingerprint density at radius 2 is 2.04 bits per heavy atom. The van der Waals surface area contributed by atoms with Gasteiger partial charge in [-0.2, -0.15) is 0 Å². The lowest BCUT2D eigenvalue weighted by Gasteiger charge is -2.18. The van der Waals surface area contributed by atoms with Gasteiger partial charge in [0, 0.05) is 6.04 Å². The topological polar surface area (TPSA) is 85.8 Å². The first-order valence-corrected chi connectivity index (χ1v) is 9.71. The fraction of sp³-hybridized carbons (Fsp3) is 0.316. The quantitative estimate of drug-likeness (QED) is 0.684. The molecule has 2 aromatic heterocycles. The summed E-state index contributed by atoms with van der Waals surface area (Å²) in [7, 11) is 0. The Labute approximate surface area is 168 Å². The van der Waals surface area contributed by atoms with Crippen molar-refractivity contribution < 1.29 is 4.79 Å². The van der Waals surface area contributed by atoms with Crippen molar-refractivity contribution in [1.29, 1.82) is 0 Å². The van der Waals surface area contributed by atoms with Gasteiger partial charge < -0.3 is 11.1 Å². The van der Waals surface area contributed by atoms with E-state index in [1.807, 2.05) is 47.8 Å². The van der Waals surface area contributed by atoms with E-state index in [1.54, 1.807) is 16.0 Å². The largest absolute Gasteiger partial charge is 0.346 e. The predicted octanol–water partition coefficient (Wildman–Crippen LogP) is 3.27. The van der Waals surface area contributed by atoms with Crippen molar-refractivity contribution in [2.75, 3.05) is 6.54 Å². The summed E-state index contributed by atoms with van der Waals surface area (Å²) in [5.74, 6) is 0.979. The van der Waals surface area contributed by atoms with Crippen molar-refractivity contribution in [1.82, 2.24) is 20.1 Å². The van der Waals surface area contributed by atoms with E-state index in [-0.39, 0.29) is 30.2 Å². The van der Waals surface area contributed by atoms with Crippen molar-refractivity contribution in [2.45, 2.75) is 25.3 Å². The molecular weight excluding hydrogens is 382 g/mol. The molecule has 4 rings (SSSR count). The van der Waals surface area contributed by atoms with Crippen LogP contribution in [0.3, 0.4) is 0 Å². The number of para-hydroxylation sites is 1. The number of rotatable bonds is 5. The minimum Gasteiger partial charge on any atom is -0.346 e. The molecule has 1 amide bonds. The molecule has 2 unspecified atom stereocenters. The van der Waals surface area contributed by atoms with Crippen LogP contribution in [0.15, 0.2) is 47.8 Å². The third kappa shape index (κ3) is 4.05. The second-order valence-corrected chi connectivity index (χ2v) is 7.44. The number of halogens is 1. The highest BCUT2D eigenvalue weighted by Gasteiger charge is 2.29. The molecule has 2 atom stereocenters. The van der Waals surface area contributed by atoms with Crippen molar-refractivity contribution in [3.63, 3.8) is 0 Å². The number of carbonyl (C=O) groups excluding carboxylic acids is 1. The summed E-state index contributed by atoms with van der Waals surface area (Å²) in [6.07, 6.45) is 3.12. The normalized spacial score (nSPS) is 18.9. The van der Waals surface area contributed by atoms with Crippen molar-refractivity contribution >= 4 is 29.7 Å². The van der Waals surface area contributed by atoms with Crippen LogP contribution >= 0.6 is 23.7 Å². The maximum absolute atomic E-state index is 12.7. The van der Waals surface area contributed by atoms with Gasteiger partial charge in [-0.25, -0.2) is 9.67 Å². The molecule has 1 aliphatic rings. The lowest BCUT2D eigenvalue weighted by molar-refractivity contribution is 0.0918. The molecule has 1 aromatic carbocycles. The third-order valence-corrected chi connectivity index (χ3v) is 5.70. The molecule has 1 aliphatic carbocycles. The molecule has 0 aliphatic heterocycles. The zero-order chi connectivity index (χ0) is 17.9. The monoisotopic (exact) mass is 403 g/mol. The summed E-state index contributed by atoms with van der Waals surface area (Å²) in [6.45, 7) is 0.595. The molecule has 142 valence electrons. The maximum atomic E-state index is 12.7. The molecule has 6 nitrogen and oxygen atoms in total. The Hall–Kier alpha value is -2.22. The Morgan fingerprint density at radius 1 is 1.22 bits per heavy atom. The highest BCUT2D eigenvalue weighted by atomic mass is 35.5. The maximum Gasteiger partial charge on any atom is 0.291 e. The second kappa shape index (κ2) is 8.65. The summed E-state index contributed by atoms with van der Waals surface area (Å²) >= 11 is 1.58. The predicted molar refractivity (Wildman–Crippen MR) is 110 cm³/mol. The molecular formula is C19H22ClN5OS. The van der Waals surface area contributed by atoms with E-state index >= 15 is 0 Å². The molecule has 27 heavy (non-hydrogen) atoms. The van der Waals surface area contributed by atoms with Gasteiger partial charge in [-0.1, -0.05) is 30.7 Å². The molecule has 3 N–H and O–H groups in total. The van der Waals surface area contributed by atoms with E-state index in [0.29, 0.717) is 18.3 Å². The van der Waals surface area contributed by atoms with Crippen LogP contribution < -0.4 is 11.1 Å². The number of nitrogens with two attached hydrogens (primary N) is 1. The molecule has 1 fully saturated rings. The SMILES string of the molecule is Cl.NCC1CCCC1NC(=O)c1nc(-c2cccs2)n(-c2ccccc2)n1. The molecule has 1 saturated carbocycles. The van der Waals surface area contributed by atoms with E-state index in [9.17, 15) is 4.79 Å². The average Bonchev–Trinajstić information content (AvgIpc) is 3.42.